The molecule has 0 spiro atoms. The van der Waals surface area contributed by atoms with Gasteiger partial charge < -0.3 is 10.1 Å². The zero-order chi connectivity index (χ0) is 28.7. The van der Waals surface area contributed by atoms with Crippen LogP contribution in [0.25, 0.3) is 10.9 Å². The first-order valence-corrected chi connectivity index (χ1v) is 14.0. The molecule has 2 aliphatic rings. The lowest BCUT2D eigenvalue weighted by Gasteiger charge is -2.33. The third kappa shape index (κ3) is 5.98. The number of piperazine rings is 1. The molecule has 11 heteroatoms. The fourth-order valence-corrected chi connectivity index (χ4v) is 6.64. The van der Waals surface area contributed by atoms with Crippen molar-refractivity contribution in [1.82, 2.24) is 14.2 Å². The van der Waals surface area contributed by atoms with E-state index in [1.54, 1.807) is 12.1 Å². The summed E-state index contributed by atoms with van der Waals surface area (Å²) in [7, 11) is 0. The first-order valence-electron chi connectivity index (χ1n) is 13.3. The molecule has 214 valence electrons. The number of pyridine rings is 1. The van der Waals surface area contributed by atoms with Crippen molar-refractivity contribution in [2.45, 2.75) is 36.5 Å². The molecular weight excluding hydrogens is 559 g/mol. The molecule has 3 aromatic carbocycles. The Morgan fingerprint density at radius 3 is 2.49 bits per heavy atom. The lowest BCUT2D eigenvalue weighted by molar-refractivity contribution is -0.137. The second-order valence-corrected chi connectivity index (χ2v) is 11.4. The van der Waals surface area contributed by atoms with Crippen LogP contribution in [0.15, 0.2) is 71.6 Å². The standard InChI is InChI=1S/C30H27F5N4OS/c1-18-11-28(24-5-2-3-8-27(24)36-18)37-20-12-19(30(33,34)35)13-23(14-20)40-10-9-38-16-22-15-21(38)17-39(22)41-29-25(31)6-4-7-26(29)32/h2-8,11-14,21-22H,9-10,15-17H2,1H3,(H,36,37)/t21-,22-/m0/s1. The molecule has 0 unspecified atom stereocenters. The summed E-state index contributed by atoms with van der Waals surface area (Å²) in [6, 6.07) is 17.0. The molecule has 3 heterocycles. The van der Waals surface area contributed by atoms with E-state index in [0.29, 0.717) is 25.3 Å². The summed E-state index contributed by atoms with van der Waals surface area (Å²) < 4.78 is 77.3. The lowest BCUT2D eigenvalue weighted by Crippen LogP contribution is -2.44. The highest BCUT2D eigenvalue weighted by molar-refractivity contribution is 7.97. The average molecular weight is 587 g/mol. The van der Waals surface area contributed by atoms with Gasteiger partial charge in [-0.05, 0) is 61.7 Å². The van der Waals surface area contributed by atoms with Crippen molar-refractivity contribution >= 4 is 34.2 Å². The van der Waals surface area contributed by atoms with E-state index in [1.165, 1.54) is 18.2 Å². The predicted octanol–water partition coefficient (Wildman–Crippen LogP) is 7.43. The number of aryl methyl sites for hydroxylation is 1. The Balaban J connectivity index is 1.11. The summed E-state index contributed by atoms with van der Waals surface area (Å²) in [5.74, 6) is -1.04. The summed E-state index contributed by atoms with van der Waals surface area (Å²) in [6.45, 7) is 3.90. The Morgan fingerprint density at radius 1 is 0.976 bits per heavy atom. The highest BCUT2D eigenvalue weighted by atomic mass is 32.2. The molecule has 5 nitrogen and oxygen atoms in total. The van der Waals surface area contributed by atoms with Crippen molar-refractivity contribution in [2.24, 2.45) is 0 Å². The molecule has 2 aliphatic heterocycles. The molecule has 2 saturated heterocycles. The van der Waals surface area contributed by atoms with Crippen LogP contribution < -0.4 is 10.1 Å². The Bertz CT molecular complexity index is 1560. The van der Waals surface area contributed by atoms with Gasteiger partial charge in [0, 0.05) is 60.2 Å². The van der Waals surface area contributed by atoms with Gasteiger partial charge in [-0.2, -0.15) is 13.2 Å². The zero-order valence-electron chi connectivity index (χ0n) is 22.1. The maximum absolute atomic E-state index is 14.1. The molecule has 2 bridgehead atoms. The van der Waals surface area contributed by atoms with Crippen molar-refractivity contribution in [3.8, 4) is 5.75 Å². The molecule has 6 rings (SSSR count). The van der Waals surface area contributed by atoms with E-state index in [0.717, 1.165) is 47.1 Å². The Hall–Kier alpha value is -3.41. The van der Waals surface area contributed by atoms with Gasteiger partial charge in [-0.15, -0.1) is 0 Å². The Labute approximate surface area is 238 Å². The van der Waals surface area contributed by atoms with Gasteiger partial charge in [-0.3, -0.25) is 9.88 Å². The van der Waals surface area contributed by atoms with Crippen molar-refractivity contribution in [3.63, 3.8) is 0 Å². The monoisotopic (exact) mass is 586 g/mol. The molecule has 2 fully saturated rings. The van der Waals surface area contributed by atoms with E-state index in [1.807, 2.05) is 35.5 Å². The van der Waals surface area contributed by atoms with E-state index >= 15 is 0 Å². The summed E-state index contributed by atoms with van der Waals surface area (Å²) in [6.07, 6.45) is -3.68. The van der Waals surface area contributed by atoms with Gasteiger partial charge in [-0.1, -0.05) is 24.3 Å². The number of rotatable bonds is 8. The van der Waals surface area contributed by atoms with Crippen LogP contribution >= 0.6 is 11.9 Å². The smallest absolute Gasteiger partial charge is 0.416 e. The van der Waals surface area contributed by atoms with Crippen LogP contribution in [-0.2, 0) is 6.18 Å². The molecule has 2 atom stereocenters. The summed E-state index contributed by atoms with van der Waals surface area (Å²) in [4.78, 5) is 6.71. The second-order valence-electron chi connectivity index (χ2n) is 10.3. The van der Waals surface area contributed by atoms with Crippen LogP contribution in [-0.4, -0.2) is 52.5 Å². The number of hydrogen-bond donors (Lipinski definition) is 1. The van der Waals surface area contributed by atoms with Gasteiger partial charge in [0.25, 0.3) is 0 Å². The van der Waals surface area contributed by atoms with Crippen LogP contribution in [0.1, 0.15) is 17.7 Å². The minimum absolute atomic E-state index is 0.00110. The number of nitrogens with one attached hydrogen (secondary N) is 1. The molecule has 0 amide bonds. The predicted molar refractivity (Wildman–Crippen MR) is 149 cm³/mol. The number of nitrogens with zero attached hydrogens (tertiary/aromatic N) is 3. The van der Waals surface area contributed by atoms with E-state index in [-0.39, 0.29) is 35.0 Å². The first kappa shape index (κ1) is 27.7. The van der Waals surface area contributed by atoms with Crippen LogP contribution in [0.2, 0.25) is 0 Å². The Morgan fingerprint density at radius 2 is 1.76 bits per heavy atom. The number of hydrogen-bond acceptors (Lipinski definition) is 6. The maximum atomic E-state index is 14.1. The number of benzene rings is 3. The van der Waals surface area contributed by atoms with Crippen molar-refractivity contribution in [2.75, 3.05) is 31.6 Å². The molecule has 0 radical (unpaired) electrons. The third-order valence-electron chi connectivity index (χ3n) is 7.44. The summed E-state index contributed by atoms with van der Waals surface area (Å²) >= 11 is 1.11. The number of ether oxygens (including phenoxy) is 1. The zero-order valence-corrected chi connectivity index (χ0v) is 22.9. The van der Waals surface area contributed by atoms with Crippen LogP contribution in [0.5, 0.6) is 5.75 Å². The van der Waals surface area contributed by atoms with Crippen molar-refractivity contribution < 1.29 is 26.7 Å². The lowest BCUT2D eigenvalue weighted by atomic mass is 10.1. The van der Waals surface area contributed by atoms with Crippen LogP contribution in [0.3, 0.4) is 0 Å². The molecule has 1 aromatic heterocycles. The van der Waals surface area contributed by atoms with Gasteiger partial charge in [-0.25, -0.2) is 13.1 Å². The fraction of sp³-hybridized carbons (Fsp3) is 0.300. The molecule has 1 N–H and O–H groups in total. The topological polar surface area (TPSA) is 40.6 Å². The number of aromatic nitrogens is 1. The van der Waals surface area contributed by atoms with Crippen LogP contribution in [0.4, 0.5) is 33.3 Å². The van der Waals surface area contributed by atoms with Gasteiger partial charge in [0.15, 0.2) is 0 Å². The molecule has 4 aromatic rings. The number of halogens is 5. The Kier molecular flexibility index (Phi) is 7.52. The number of fused-ring (bicyclic) bond motifs is 3. The number of likely N-dealkylation sites (tertiary alicyclic amines) is 1. The SMILES string of the molecule is Cc1cc(Nc2cc(OCCN3C[C@@H]4C[C@H]3CN4Sc3c(F)cccc3F)cc(C(F)(F)F)c2)c2ccccc2n1. The third-order valence-corrected chi connectivity index (χ3v) is 8.69. The van der Waals surface area contributed by atoms with E-state index in [4.69, 9.17) is 4.74 Å². The quantitative estimate of drug-likeness (QED) is 0.171. The van der Waals surface area contributed by atoms with Gasteiger partial charge in [0.2, 0.25) is 0 Å². The molecule has 41 heavy (non-hydrogen) atoms. The van der Waals surface area contributed by atoms with Crippen molar-refractivity contribution in [1.29, 1.82) is 0 Å². The molecule has 0 saturated carbocycles. The number of para-hydroxylation sites is 1. The summed E-state index contributed by atoms with van der Waals surface area (Å²) in [5, 5.41) is 3.93. The maximum Gasteiger partial charge on any atom is 0.416 e. The normalized spacial score (nSPS) is 19.3. The number of anilines is 2. The largest absolute Gasteiger partial charge is 0.492 e. The van der Waals surface area contributed by atoms with Gasteiger partial charge >= 0.3 is 6.18 Å². The summed E-state index contributed by atoms with van der Waals surface area (Å²) in [5.41, 5.74) is 1.60. The van der Waals surface area contributed by atoms with E-state index in [2.05, 4.69) is 15.2 Å². The van der Waals surface area contributed by atoms with Gasteiger partial charge in [0.1, 0.15) is 24.0 Å². The van der Waals surface area contributed by atoms with Crippen molar-refractivity contribution in [3.05, 3.63) is 89.6 Å². The molecular formula is C30H27F5N4OS. The average Bonchev–Trinajstić information content (AvgIpc) is 3.50. The second kappa shape index (κ2) is 11.1. The number of alkyl halides is 3. The van der Waals surface area contributed by atoms with E-state index < -0.39 is 23.4 Å². The minimum Gasteiger partial charge on any atom is -0.492 e. The van der Waals surface area contributed by atoms with E-state index in [9.17, 15) is 22.0 Å². The highest BCUT2D eigenvalue weighted by Crippen LogP contribution is 2.40. The fourth-order valence-electron chi connectivity index (χ4n) is 5.55. The molecule has 0 aliphatic carbocycles. The minimum atomic E-state index is -4.54. The van der Waals surface area contributed by atoms with Gasteiger partial charge in [0.05, 0.1) is 16.0 Å². The highest BCUT2D eigenvalue weighted by Gasteiger charge is 2.44. The first-order chi connectivity index (χ1) is 19.6. The van der Waals surface area contributed by atoms with Crippen LogP contribution in [0, 0.1) is 18.6 Å².